The molecule has 0 fully saturated rings. The van der Waals surface area contributed by atoms with Gasteiger partial charge in [0.1, 0.15) is 5.75 Å². The normalized spacial score (nSPS) is 16.9. The highest BCUT2D eigenvalue weighted by atomic mass is 127. The first kappa shape index (κ1) is 17.5. The molecule has 0 radical (unpaired) electrons. The van der Waals surface area contributed by atoms with E-state index in [1.165, 1.54) is 0 Å². The van der Waals surface area contributed by atoms with Crippen molar-refractivity contribution < 1.29 is 9.26 Å². The van der Waals surface area contributed by atoms with Crippen molar-refractivity contribution in [3.05, 3.63) is 41.5 Å². The summed E-state index contributed by atoms with van der Waals surface area (Å²) in [7, 11) is 0. The van der Waals surface area contributed by atoms with Crippen LogP contribution in [0, 0.1) is 6.92 Å². The van der Waals surface area contributed by atoms with E-state index in [1.807, 2.05) is 24.3 Å². The molecule has 8 heteroatoms. The molecule has 2 heterocycles. The maximum Gasteiger partial charge on any atom is 0.228 e. The number of benzene rings is 1. The molecule has 3 rings (SSSR count). The van der Waals surface area contributed by atoms with E-state index in [2.05, 4.69) is 20.4 Å². The molecule has 0 saturated heterocycles. The predicted octanol–water partition coefficient (Wildman–Crippen LogP) is 1.97. The molecule has 124 valence electrons. The van der Waals surface area contributed by atoms with E-state index in [9.17, 15) is 0 Å². The zero-order chi connectivity index (χ0) is 15.4. The highest BCUT2D eigenvalue weighted by Crippen LogP contribution is 2.31. The predicted molar refractivity (Wildman–Crippen MR) is 97.1 cm³/mol. The van der Waals surface area contributed by atoms with Crippen LogP contribution >= 0.6 is 24.0 Å². The highest BCUT2D eigenvalue weighted by Gasteiger charge is 2.21. The number of halogens is 1. The van der Waals surface area contributed by atoms with Crippen molar-refractivity contribution in [2.75, 3.05) is 13.2 Å². The van der Waals surface area contributed by atoms with Crippen molar-refractivity contribution in [1.29, 1.82) is 0 Å². The van der Waals surface area contributed by atoms with Gasteiger partial charge in [-0.05, 0) is 13.0 Å². The Morgan fingerprint density at radius 2 is 2.26 bits per heavy atom. The van der Waals surface area contributed by atoms with Crippen LogP contribution in [-0.4, -0.2) is 29.3 Å². The van der Waals surface area contributed by atoms with E-state index in [1.54, 1.807) is 6.92 Å². The zero-order valence-corrected chi connectivity index (χ0v) is 15.2. The Hall–Kier alpha value is -1.84. The first-order valence-electron chi connectivity index (χ1n) is 7.30. The van der Waals surface area contributed by atoms with Crippen molar-refractivity contribution in [3.63, 3.8) is 0 Å². The van der Waals surface area contributed by atoms with Crippen LogP contribution in [0.4, 0.5) is 0 Å². The molecule has 1 aliphatic heterocycles. The fraction of sp³-hybridized carbons (Fsp3) is 0.400. The van der Waals surface area contributed by atoms with E-state index >= 15 is 0 Å². The lowest BCUT2D eigenvalue weighted by Crippen LogP contribution is -2.37. The maximum absolute atomic E-state index is 5.96. The van der Waals surface area contributed by atoms with Gasteiger partial charge in [-0.1, -0.05) is 23.4 Å². The summed E-state index contributed by atoms with van der Waals surface area (Å²) < 4.78 is 10.7. The third kappa shape index (κ3) is 4.57. The standard InChI is InChI=1S/C15H19N5O2.HI/c1-10-18-14(22-20-10)6-8-17-15(16)19-12-7-9-21-13-5-3-2-4-11(12)13;/h2-5,12H,6-9H2,1H3,(H3,16,17,19);1H. The Morgan fingerprint density at radius 3 is 3.04 bits per heavy atom. The lowest BCUT2D eigenvalue weighted by atomic mass is 10.0. The van der Waals surface area contributed by atoms with Crippen LogP contribution in [-0.2, 0) is 6.42 Å². The quantitative estimate of drug-likeness (QED) is 0.438. The third-order valence-corrected chi connectivity index (χ3v) is 3.46. The second-order valence-corrected chi connectivity index (χ2v) is 5.12. The first-order valence-corrected chi connectivity index (χ1v) is 7.30. The van der Waals surface area contributed by atoms with E-state index in [0.717, 1.165) is 17.7 Å². The average molecular weight is 429 g/mol. The number of nitrogens with two attached hydrogens (primary N) is 1. The minimum Gasteiger partial charge on any atom is -0.493 e. The van der Waals surface area contributed by atoms with E-state index < -0.39 is 0 Å². The lowest BCUT2D eigenvalue weighted by Gasteiger charge is -2.26. The van der Waals surface area contributed by atoms with Gasteiger partial charge in [-0.3, -0.25) is 4.99 Å². The second kappa shape index (κ2) is 8.14. The molecule has 7 nitrogen and oxygen atoms in total. The molecule has 1 aliphatic rings. The number of para-hydroxylation sites is 1. The average Bonchev–Trinajstić information content (AvgIpc) is 2.93. The van der Waals surface area contributed by atoms with Gasteiger partial charge in [0.05, 0.1) is 19.2 Å². The molecule has 1 aromatic carbocycles. The van der Waals surface area contributed by atoms with E-state index in [4.69, 9.17) is 15.0 Å². The Kier molecular flexibility index (Phi) is 6.20. The number of ether oxygens (including phenoxy) is 1. The third-order valence-electron chi connectivity index (χ3n) is 3.46. The van der Waals surface area contributed by atoms with Crippen LogP contribution in [0.1, 0.15) is 29.7 Å². The number of aliphatic imine (C=N–C) groups is 1. The number of guanidine groups is 1. The summed E-state index contributed by atoms with van der Waals surface area (Å²) >= 11 is 0. The van der Waals surface area contributed by atoms with Gasteiger partial charge in [0.2, 0.25) is 5.89 Å². The summed E-state index contributed by atoms with van der Waals surface area (Å²) in [5, 5.41) is 6.99. The largest absolute Gasteiger partial charge is 0.493 e. The monoisotopic (exact) mass is 429 g/mol. The van der Waals surface area contributed by atoms with Gasteiger partial charge in [0, 0.05) is 18.4 Å². The Balaban J connectivity index is 0.00000192. The van der Waals surface area contributed by atoms with Crippen LogP contribution in [0.2, 0.25) is 0 Å². The molecule has 23 heavy (non-hydrogen) atoms. The Bertz CT molecular complexity index is 673. The molecular formula is C15H20IN5O2. The summed E-state index contributed by atoms with van der Waals surface area (Å²) in [5.41, 5.74) is 7.07. The fourth-order valence-corrected chi connectivity index (χ4v) is 2.43. The van der Waals surface area contributed by atoms with Gasteiger partial charge in [0.25, 0.3) is 0 Å². The van der Waals surface area contributed by atoms with Crippen molar-refractivity contribution in [2.45, 2.75) is 25.8 Å². The molecular weight excluding hydrogens is 409 g/mol. The molecule has 3 N–H and O–H groups in total. The molecule has 1 unspecified atom stereocenters. The van der Waals surface area contributed by atoms with Crippen LogP contribution in [0.15, 0.2) is 33.8 Å². The number of aromatic nitrogens is 2. The van der Waals surface area contributed by atoms with Crippen LogP contribution < -0.4 is 15.8 Å². The number of nitrogens with one attached hydrogen (secondary N) is 1. The van der Waals surface area contributed by atoms with E-state index in [0.29, 0.717) is 37.2 Å². The summed E-state index contributed by atoms with van der Waals surface area (Å²) in [6, 6.07) is 8.09. The number of rotatable bonds is 4. The molecule has 0 amide bonds. The smallest absolute Gasteiger partial charge is 0.228 e. The fourth-order valence-electron chi connectivity index (χ4n) is 2.43. The molecule has 0 saturated carbocycles. The Labute approximate surface area is 151 Å². The number of hydrogen-bond acceptors (Lipinski definition) is 5. The van der Waals surface area contributed by atoms with E-state index in [-0.39, 0.29) is 30.0 Å². The molecule has 1 atom stereocenters. The van der Waals surface area contributed by atoms with Crippen molar-refractivity contribution >= 4 is 29.9 Å². The van der Waals surface area contributed by atoms with Gasteiger partial charge >= 0.3 is 0 Å². The van der Waals surface area contributed by atoms with Gasteiger partial charge < -0.3 is 20.3 Å². The summed E-state index contributed by atoms with van der Waals surface area (Å²) in [5.74, 6) is 2.52. The van der Waals surface area contributed by atoms with Crippen LogP contribution in [0.3, 0.4) is 0 Å². The van der Waals surface area contributed by atoms with Crippen molar-refractivity contribution in [2.24, 2.45) is 10.7 Å². The number of fused-ring (bicyclic) bond motifs is 1. The van der Waals surface area contributed by atoms with Crippen molar-refractivity contribution in [1.82, 2.24) is 15.5 Å². The molecule has 2 aromatic rings. The lowest BCUT2D eigenvalue weighted by molar-refractivity contribution is 0.262. The first-order chi connectivity index (χ1) is 10.7. The molecule has 0 spiro atoms. The highest BCUT2D eigenvalue weighted by molar-refractivity contribution is 14.0. The zero-order valence-electron chi connectivity index (χ0n) is 12.9. The second-order valence-electron chi connectivity index (χ2n) is 5.12. The van der Waals surface area contributed by atoms with Gasteiger partial charge in [-0.2, -0.15) is 4.98 Å². The minimum absolute atomic E-state index is 0. The number of nitrogens with zero attached hydrogens (tertiary/aromatic N) is 3. The Morgan fingerprint density at radius 1 is 1.43 bits per heavy atom. The van der Waals surface area contributed by atoms with Crippen LogP contribution in [0.5, 0.6) is 5.75 Å². The maximum atomic E-state index is 5.96. The molecule has 0 bridgehead atoms. The number of aryl methyl sites for hydroxylation is 1. The van der Waals surface area contributed by atoms with Gasteiger partial charge in [0.15, 0.2) is 11.8 Å². The van der Waals surface area contributed by atoms with Gasteiger partial charge in [-0.25, -0.2) is 0 Å². The van der Waals surface area contributed by atoms with Gasteiger partial charge in [-0.15, -0.1) is 24.0 Å². The summed E-state index contributed by atoms with van der Waals surface area (Å²) in [4.78, 5) is 8.44. The SMILES string of the molecule is Cc1noc(CCN=C(N)NC2CCOc3ccccc32)n1.I. The molecule has 0 aliphatic carbocycles. The summed E-state index contributed by atoms with van der Waals surface area (Å²) in [6.45, 7) is 2.96. The minimum atomic E-state index is 0. The van der Waals surface area contributed by atoms with Crippen molar-refractivity contribution in [3.8, 4) is 5.75 Å². The number of hydrogen-bond donors (Lipinski definition) is 2. The summed E-state index contributed by atoms with van der Waals surface area (Å²) in [6.07, 6.45) is 1.43. The topological polar surface area (TPSA) is 98.6 Å². The van der Waals surface area contributed by atoms with Crippen LogP contribution in [0.25, 0.3) is 0 Å². The molecule has 1 aromatic heterocycles.